The highest BCUT2D eigenvalue weighted by atomic mass is 16.6. The van der Waals surface area contributed by atoms with Crippen LogP contribution in [0.1, 0.15) is 174 Å². The number of ether oxygens (including phenoxy) is 4. The highest BCUT2D eigenvalue weighted by Gasteiger charge is 2.41. The van der Waals surface area contributed by atoms with Crippen molar-refractivity contribution in [1.82, 2.24) is 74.4 Å². The number of nitrogens with one attached hydrogen (secondary N) is 14. The Morgan fingerprint density at radius 1 is 0.556 bits per heavy atom. The van der Waals surface area contributed by atoms with Crippen LogP contribution >= 0.6 is 0 Å². The second kappa shape index (κ2) is 46.7. The van der Waals surface area contributed by atoms with Crippen LogP contribution in [0.5, 0.6) is 0 Å². The molecule has 0 aromatic heterocycles. The van der Waals surface area contributed by atoms with Crippen molar-refractivity contribution in [3.05, 3.63) is 35.9 Å². The fraction of sp³-hybridized carbons (Fsp3) is 0.708. The molecule has 0 aliphatic carbocycles. The first-order valence-corrected chi connectivity index (χ1v) is 36.9. The van der Waals surface area contributed by atoms with E-state index in [4.69, 9.17) is 24.7 Å². The number of esters is 1. The number of benzene rings is 1. The van der Waals surface area contributed by atoms with Crippen LogP contribution in [0, 0.1) is 23.7 Å². The van der Waals surface area contributed by atoms with Gasteiger partial charge in [0.25, 0.3) is 0 Å². The van der Waals surface area contributed by atoms with Crippen LogP contribution in [0.3, 0.4) is 0 Å². The lowest BCUT2D eigenvalue weighted by Crippen LogP contribution is -2.63. The summed E-state index contributed by atoms with van der Waals surface area (Å²) < 4.78 is 21.8. The Hall–Kier alpha value is -9.45. The van der Waals surface area contributed by atoms with E-state index >= 15 is 0 Å². The van der Waals surface area contributed by atoms with Crippen LogP contribution in [-0.2, 0) is 82.9 Å². The fourth-order valence-electron chi connectivity index (χ4n) is 10.6. The van der Waals surface area contributed by atoms with E-state index in [1.54, 1.807) is 104 Å². The third kappa shape index (κ3) is 33.8. The molecule has 1 aromatic rings. The standard InChI is InChI=1S/C72H121N15O21/c1-18-38(5)52(84-60(94)48(74-17)33-44-27-23-22-24-28-44)63(97)81-49(36-88)61(95)80-47(30-31-51(73)90)59(93)83-54(40(7)20-3)65(99)85-53(39(6)19-2)64(98)82-50(37-89)62(96)87-56-43(10)105-67(101)55(41(8)21-4)86-58(92)46(79-57(91)42(9)78-66(56)100)29-25-26-32-75-68(102)106-45(34-76-69(103)107-71(11,12)13)35-77-70(104)108-72(14,15)16/h22-24,27-28,38-43,45-50,52-56,74,88-89H,18-21,25-26,29-37H2,1-17H3,(H2,73,90)(H,75,102)(H,76,103)(H,77,104)(H,78,100)(H,79,91)(H,80,95)(H,81,97)(H,82,98)(H,83,93)(H,84,94)(H,85,99)(H,86,92)(H,87,96)/t38-,39-,40+,41-,42-,43-,46-,47+,48+,49-,50-,52-,53-,54+,55-,56+/m0/s1. The van der Waals surface area contributed by atoms with Crippen LogP contribution < -0.4 is 80.2 Å². The minimum atomic E-state index is -1.88. The van der Waals surface area contributed by atoms with Crippen LogP contribution in [0.15, 0.2) is 30.3 Å². The molecule has 16 atom stereocenters. The summed E-state index contributed by atoms with van der Waals surface area (Å²) in [6, 6.07) is -6.99. The van der Waals surface area contributed by atoms with Crippen LogP contribution in [0.2, 0.25) is 0 Å². The molecule has 0 spiro atoms. The van der Waals surface area contributed by atoms with E-state index in [0.717, 1.165) is 5.56 Å². The van der Waals surface area contributed by atoms with Gasteiger partial charge < -0.3 is 109 Å². The SMILES string of the molecule is CC[C@@H](C)[C@@H](NC(=O)[C@@H](CCC(N)=O)NC(=O)[C@H](CO)NC(=O)[C@@H](NC(=O)[C@@H](Cc1ccccc1)NC)[C@@H](C)CC)C(=O)N[C@H](C(=O)N[C@@H](CO)C(=O)N[C@H]1C(=O)N[C@@H](C)C(=O)N[C@@H](CCCCNC(=O)OC(CNC(=O)OC(C)(C)C)CNC(=O)OC(C)(C)C)C(=O)N[C@@H]([C@@H](C)CC)C(=O)O[C@H]1C)[C@@H](C)CC. The van der Waals surface area contributed by atoms with Crippen molar-refractivity contribution in [2.75, 3.05) is 39.9 Å². The summed E-state index contributed by atoms with van der Waals surface area (Å²) in [5.41, 5.74) is 4.64. The number of carbonyl (C=O) groups is 15. The first-order chi connectivity index (χ1) is 50.6. The van der Waals surface area contributed by atoms with Crippen molar-refractivity contribution in [3.63, 3.8) is 0 Å². The first kappa shape index (κ1) is 94.6. The Balaban J connectivity index is 2.35. The van der Waals surface area contributed by atoms with Gasteiger partial charge in [-0.1, -0.05) is 111 Å². The molecule has 1 saturated heterocycles. The molecule has 0 radical (unpaired) electrons. The lowest BCUT2D eigenvalue weighted by molar-refractivity contribution is -0.157. The van der Waals surface area contributed by atoms with Gasteiger partial charge in [-0.25, -0.2) is 19.2 Å². The molecule has 36 heteroatoms. The Morgan fingerprint density at radius 2 is 1.02 bits per heavy atom. The van der Waals surface area contributed by atoms with Crippen molar-refractivity contribution < 1.29 is 101 Å². The first-order valence-electron chi connectivity index (χ1n) is 36.9. The number of primary amides is 1. The minimum absolute atomic E-state index is 0.0297. The van der Waals surface area contributed by atoms with Gasteiger partial charge in [-0.15, -0.1) is 0 Å². The van der Waals surface area contributed by atoms with Gasteiger partial charge in [-0.2, -0.15) is 0 Å². The highest BCUT2D eigenvalue weighted by Crippen LogP contribution is 2.19. The highest BCUT2D eigenvalue weighted by molar-refractivity contribution is 6.00. The smallest absolute Gasteiger partial charge is 0.407 e. The van der Waals surface area contributed by atoms with E-state index in [9.17, 15) is 82.1 Å². The molecule has 1 heterocycles. The third-order valence-corrected chi connectivity index (χ3v) is 18.0. The molecule has 0 unspecified atom stereocenters. The summed E-state index contributed by atoms with van der Waals surface area (Å²) >= 11 is 0. The van der Waals surface area contributed by atoms with Gasteiger partial charge in [0.2, 0.25) is 65.0 Å². The van der Waals surface area contributed by atoms with E-state index in [-0.39, 0.29) is 58.2 Å². The molecule has 36 nitrogen and oxygen atoms in total. The number of nitrogens with two attached hydrogens (primary N) is 1. The van der Waals surface area contributed by atoms with Crippen LogP contribution in [0.4, 0.5) is 14.4 Å². The predicted octanol–water partition coefficient (Wildman–Crippen LogP) is -0.621. The quantitative estimate of drug-likeness (QED) is 0.0221. The number of amides is 14. The Bertz CT molecular complexity index is 3140. The molecule has 1 fully saturated rings. The number of alkyl carbamates (subject to hydrolysis) is 3. The predicted molar refractivity (Wildman–Crippen MR) is 395 cm³/mol. The van der Waals surface area contributed by atoms with E-state index in [0.29, 0.717) is 12.8 Å². The van der Waals surface area contributed by atoms with Crippen molar-refractivity contribution in [1.29, 1.82) is 0 Å². The Kier molecular flexibility index (Phi) is 40.9. The monoisotopic (exact) mass is 1530 g/mol. The second-order valence-electron chi connectivity index (χ2n) is 29.2. The van der Waals surface area contributed by atoms with Gasteiger partial charge in [0.05, 0.1) is 32.3 Å². The maximum Gasteiger partial charge on any atom is 0.407 e. The minimum Gasteiger partial charge on any atom is -0.458 e. The van der Waals surface area contributed by atoms with Gasteiger partial charge in [0.1, 0.15) is 83.8 Å². The zero-order valence-electron chi connectivity index (χ0n) is 65.5. The number of unbranched alkanes of at least 4 members (excludes halogenated alkanes) is 1. The second-order valence-corrected chi connectivity index (χ2v) is 29.2. The number of carbonyl (C=O) groups excluding carboxylic acids is 15. The number of aliphatic hydroxyl groups is 2. The summed E-state index contributed by atoms with van der Waals surface area (Å²) in [4.78, 5) is 205. The van der Waals surface area contributed by atoms with Gasteiger partial charge in [-0.3, -0.25) is 52.7 Å². The van der Waals surface area contributed by atoms with E-state index in [1.807, 2.05) is 30.3 Å². The van der Waals surface area contributed by atoms with E-state index in [2.05, 4.69) is 74.4 Å². The van der Waals surface area contributed by atoms with Gasteiger partial charge >= 0.3 is 24.2 Å². The molecule has 1 aliphatic rings. The molecule has 14 amide bonds. The molecule has 18 N–H and O–H groups in total. The molecule has 1 aromatic carbocycles. The van der Waals surface area contributed by atoms with Crippen LogP contribution in [0.25, 0.3) is 0 Å². The molecule has 1 aliphatic heterocycles. The number of aliphatic hydroxyl groups excluding tert-OH is 2. The summed E-state index contributed by atoms with van der Waals surface area (Å²) in [7, 11) is 1.59. The normalized spacial score (nSPS) is 19.5. The van der Waals surface area contributed by atoms with E-state index in [1.165, 1.54) is 13.8 Å². The molecular weight excluding hydrogens is 1410 g/mol. The summed E-state index contributed by atoms with van der Waals surface area (Å²) in [5, 5.41) is 57.0. The van der Waals surface area contributed by atoms with Crippen molar-refractivity contribution in [2.45, 2.75) is 265 Å². The topological polar surface area (TPSA) is 528 Å². The molecule has 108 heavy (non-hydrogen) atoms. The largest absolute Gasteiger partial charge is 0.458 e. The number of hydrogen-bond acceptors (Lipinski definition) is 22. The van der Waals surface area contributed by atoms with Gasteiger partial charge in [0, 0.05) is 13.0 Å². The Morgan fingerprint density at radius 3 is 1.48 bits per heavy atom. The summed E-state index contributed by atoms with van der Waals surface area (Å²) in [6.45, 7) is 23.2. The maximum atomic E-state index is 14.5. The molecule has 610 valence electrons. The number of hydrogen-bond donors (Lipinski definition) is 17. The van der Waals surface area contributed by atoms with Crippen molar-refractivity contribution in [2.24, 2.45) is 29.4 Å². The molecular formula is C72H121N15O21. The zero-order valence-corrected chi connectivity index (χ0v) is 65.5. The Labute approximate surface area is 632 Å². The van der Waals surface area contributed by atoms with Crippen molar-refractivity contribution >= 4 is 89.2 Å². The van der Waals surface area contributed by atoms with Gasteiger partial charge in [0.15, 0.2) is 0 Å². The average Bonchev–Trinajstić information content (AvgIpc) is 1.25. The van der Waals surface area contributed by atoms with Crippen LogP contribution in [-0.4, -0.2) is 229 Å². The zero-order chi connectivity index (χ0) is 81.9. The summed E-state index contributed by atoms with van der Waals surface area (Å²) in [6.07, 6.45) is -4.37. The lowest BCUT2D eigenvalue weighted by Gasteiger charge is -2.31. The average molecular weight is 1530 g/mol. The van der Waals surface area contributed by atoms with Gasteiger partial charge in [-0.05, 0) is 124 Å². The lowest BCUT2D eigenvalue weighted by atomic mass is 9.94. The van der Waals surface area contributed by atoms with Crippen molar-refractivity contribution in [3.8, 4) is 0 Å². The maximum absolute atomic E-state index is 14.5. The number of likely N-dealkylation sites (N-methyl/N-ethyl adjacent to an activating group) is 1. The number of cyclic esters (lactones) is 1. The molecule has 2 rings (SSSR count). The number of rotatable bonds is 40. The fourth-order valence-corrected chi connectivity index (χ4v) is 10.6. The third-order valence-electron chi connectivity index (χ3n) is 18.0. The molecule has 0 bridgehead atoms. The molecule has 0 saturated carbocycles. The summed E-state index contributed by atoms with van der Waals surface area (Å²) in [5.74, 6) is -13.8. The van der Waals surface area contributed by atoms with E-state index < -0.39 is 229 Å².